The van der Waals surface area contributed by atoms with E-state index < -0.39 is 5.97 Å². The molecule has 0 spiro atoms. The van der Waals surface area contributed by atoms with Gasteiger partial charge in [-0.05, 0) is 35.4 Å². The van der Waals surface area contributed by atoms with Crippen LogP contribution in [0.2, 0.25) is 0 Å². The van der Waals surface area contributed by atoms with Crippen molar-refractivity contribution in [2.75, 3.05) is 0 Å². The summed E-state index contributed by atoms with van der Waals surface area (Å²) in [4.78, 5) is 10.6. The van der Waals surface area contributed by atoms with E-state index in [0.717, 1.165) is 5.76 Å². The van der Waals surface area contributed by atoms with E-state index in [4.69, 9.17) is 9.52 Å². The van der Waals surface area contributed by atoms with Gasteiger partial charge in [0.25, 0.3) is 0 Å². The SMILES string of the molecule is Cc1ccc(-c2nnnn2CC(C)CC(=O)O)o1. The van der Waals surface area contributed by atoms with Crippen LogP contribution in [0.15, 0.2) is 16.5 Å². The molecule has 96 valence electrons. The summed E-state index contributed by atoms with van der Waals surface area (Å²) in [6.07, 6.45) is 0.0798. The van der Waals surface area contributed by atoms with Gasteiger partial charge in [0.1, 0.15) is 5.76 Å². The van der Waals surface area contributed by atoms with E-state index in [-0.39, 0.29) is 12.3 Å². The van der Waals surface area contributed by atoms with Crippen LogP contribution in [-0.4, -0.2) is 31.3 Å². The first kappa shape index (κ1) is 12.3. The smallest absolute Gasteiger partial charge is 0.303 e. The van der Waals surface area contributed by atoms with E-state index >= 15 is 0 Å². The molecule has 1 atom stereocenters. The average molecular weight is 250 g/mol. The van der Waals surface area contributed by atoms with Crippen molar-refractivity contribution in [1.29, 1.82) is 0 Å². The molecule has 2 aromatic rings. The minimum atomic E-state index is -0.828. The Labute approximate surface area is 103 Å². The molecule has 1 N–H and O–H groups in total. The van der Waals surface area contributed by atoms with E-state index in [9.17, 15) is 4.79 Å². The molecule has 18 heavy (non-hydrogen) atoms. The summed E-state index contributed by atoms with van der Waals surface area (Å²) in [7, 11) is 0. The Morgan fingerprint density at radius 1 is 1.56 bits per heavy atom. The fourth-order valence-corrected chi connectivity index (χ4v) is 1.72. The van der Waals surface area contributed by atoms with Gasteiger partial charge < -0.3 is 9.52 Å². The van der Waals surface area contributed by atoms with Crippen molar-refractivity contribution in [3.05, 3.63) is 17.9 Å². The molecule has 0 saturated heterocycles. The minimum absolute atomic E-state index is 0.0548. The number of carboxylic acids is 1. The normalized spacial score (nSPS) is 12.6. The summed E-state index contributed by atoms with van der Waals surface area (Å²) in [5.74, 6) is 0.991. The Morgan fingerprint density at radius 3 is 2.94 bits per heavy atom. The lowest BCUT2D eigenvalue weighted by molar-refractivity contribution is -0.138. The largest absolute Gasteiger partial charge is 0.481 e. The van der Waals surface area contributed by atoms with Gasteiger partial charge in [0, 0.05) is 13.0 Å². The molecule has 0 amide bonds. The van der Waals surface area contributed by atoms with E-state index in [1.165, 1.54) is 0 Å². The number of hydrogen-bond acceptors (Lipinski definition) is 5. The number of rotatable bonds is 5. The number of aryl methyl sites for hydroxylation is 1. The maximum Gasteiger partial charge on any atom is 0.303 e. The molecule has 0 saturated carbocycles. The Morgan fingerprint density at radius 2 is 2.33 bits per heavy atom. The van der Waals surface area contributed by atoms with Crippen molar-refractivity contribution in [2.45, 2.75) is 26.8 Å². The summed E-state index contributed by atoms with van der Waals surface area (Å²) in [5, 5.41) is 20.1. The lowest BCUT2D eigenvalue weighted by Crippen LogP contribution is -2.14. The van der Waals surface area contributed by atoms with Gasteiger partial charge in [0.15, 0.2) is 5.76 Å². The third kappa shape index (κ3) is 2.73. The molecule has 0 radical (unpaired) electrons. The van der Waals surface area contributed by atoms with E-state index in [2.05, 4.69) is 15.5 Å². The third-order valence-electron chi connectivity index (χ3n) is 2.50. The van der Waals surface area contributed by atoms with Crippen molar-refractivity contribution in [3.8, 4) is 11.6 Å². The molecule has 0 aliphatic rings. The van der Waals surface area contributed by atoms with Gasteiger partial charge in [-0.15, -0.1) is 5.10 Å². The van der Waals surface area contributed by atoms with Crippen LogP contribution in [0.4, 0.5) is 0 Å². The topological polar surface area (TPSA) is 94.0 Å². The molecule has 2 heterocycles. The Balaban J connectivity index is 2.15. The van der Waals surface area contributed by atoms with Gasteiger partial charge in [-0.1, -0.05) is 6.92 Å². The van der Waals surface area contributed by atoms with Gasteiger partial charge in [-0.2, -0.15) is 0 Å². The molecule has 7 heteroatoms. The molecule has 0 bridgehead atoms. The monoisotopic (exact) mass is 250 g/mol. The van der Waals surface area contributed by atoms with Crippen LogP contribution >= 0.6 is 0 Å². The quantitative estimate of drug-likeness (QED) is 0.860. The summed E-state index contributed by atoms with van der Waals surface area (Å²) >= 11 is 0. The molecule has 1 unspecified atom stereocenters. The lowest BCUT2D eigenvalue weighted by atomic mass is 10.1. The second kappa shape index (κ2) is 4.99. The Hall–Kier alpha value is -2.18. The van der Waals surface area contributed by atoms with Gasteiger partial charge in [-0.3, -0.25) is 4.79 Å². The predicted octanol–water partition coefficient (Wildman–Crippen LogP) is 1.35. The van der Waals surface area contributed by atoms with Gasteiger partial charge in [-0.25, -0.2) is 4.68 Å². The molecule has 0 aliphatic heterocycles. The van der Waals surface area contributed by atoms with Crippen molar-refractivity contribution in [3.63, 3.8) is 0 Å². The summed E-state index contributed by atoms with van der Waals surface area (Å²) in [6, 6.07) is 3.62. The highest BCUT2D eigenvalue weighted by atomic mass is 16.4. The number of carboxylic acid groups (broad SMARTS) is 1. The molecule has 0 aliphatic carbocycles. The van der Waals surface area contributed by atoms with Crippen molar-refractivity contribution >= 4 is 5.97 Å². The number of tetrazole rings is 1. The maximum absolute atomic E-state index is 10.6. The van der Waals surface area contributed by atoms with E-state index in [0.29, 0.717) is 18.1 Å². The number of aliphatic carboxylic acids is 1. The minimum Gasteiger partial charge on any atom is -0.481 e. The zero-order chi connectivity index (χ0) is 13.1. The van der Waals surface area contributed by atoms with Crippen molar-refractivity contribution < 1.29 is 14.3 Å². The zero-order valence-electron chi connectivity index (χ0n) is 10.2. The second-order valence-electron chi connectivity index (χ2n) is 4.30. The molecule has 0 fully saturated rings. The number of carbonyl (C=O) groups is 1. The van der Waals surface area contributed by atoms with E-state index in [1.807, 2.05) is 19.9 Å². The zero-order valence-corrected chi connectivity index (χ0v) is 10.2. The summed E-state index contributed by atoms with van der Waals surface area (Å²) in [6.45, 7) is 4.12. The van der Waals surface area contributed by atoms with Crippen LogP contribution in [0.3, 0.4) is 0 Å². The summed E-state index contributed by atoms with van der Waals surface area (Å²) < 4.78 is 7.01. The summed E-state index contributed by atoms with van der Waals surface area (Å²) in [5.41, 5.74) is 0. The highest BCUT2D eigenvalue weighted by Gasteiger charge is 2.16. The van der Waals surface area contributed by atoms with Crippen LogP contribution in [-0.2, 0) is 11.3 Å². The molecular weight excluding hydrogens is 236 g/mol. The molecule has 2 rings (SSSR count). The van der Waals surface area contributed by atoms with Crippen molar-refractivity contribution in [1.82, 2.24) is 20.2 Å². The fourth-order valence-electron chi connectivity index (χ4n) is 1.72. The third-order valence-corrected chi connectivity index (χ3v) is 2.50. The highest BCUT2D eigenvalue weighted by molar-refractivity contribution is 5.66. The first-order valence-corrected chi connectivity index (χ1v) is 5.61. The van der Waals surface area contributed by atoms with Crippen LogP contribution in [0.25, 0.3) is 11.6 Å². The first-order chi connectivity index (χ1) is 8.56. The van der Waals surface area contributed by atoms with Gasteiger partial charge in [0.2, 0.25) is 5.82 Å². The predicted molar refractivity (Wildman–Crippen MR) is 61.7 cm³/mol. The van der Waals surface area contributed by atoms with Gasteiger partial charge in [0.05, 0.1) is 0 Å². The van der Waals surface area contributed by atoms with E-state index in [1.54, 1.807) is 10.7 Å². The molecule has 2 aromatic heterocycles. The van der Waals surface area contributed by atoms with Crippen LogP contribution in [0.5, 0.6) is 0 Å². The number of hydrogen-bond donors (Lipinski definition) is 1. The number of aromatic nitrogens is 4. The molecule has 0 aromatic carbocycles. The highest BCUT2D eigenvalue weighted by Crippen LogP contribution is 2.19. The van der Waals surface area contributed by atoms with Gasteiger partial charge >= 0.3 is 5.97 Å². The number of nitrogens with zero attached hydrogens (tertiary/aromatic N) is 4. The Bertz CT molecular complexity index is 546. The molecule has 7 nitrogen and oxygen atoms in total. The lowest BCUT2D eigenvalue weighted by Gasteiger charge is -2.08. The standard InChI is InChI=1S/C11H14N4O3/c1-7(5-10(16)17)6-15-11(12-13-14-15)9-4-3-8(2)18-9/h3-4,7H,5-6H2,1-2H3,(H,16,17). The number of furan rings is 1. The van der Waals surface area contributed by atoms with Crippen LogP contribution in [0, 0.1) is 12.8 Å². The van der Waals surface area contributed by atoms with Crippen LogP contribution in [0.1, 0.15) is 19.1 Å². The average Bonchev–Trinajstić information content (AvgIpc) is 2.85. The first-order valence-electron chi connectivity index (χ1n) is 5.61. The maximum atomic E-state index is 10.6. The Kier molecular flexibility index (Phi) is 3.40. The molecular formula is C11H14N4O3. The second-order valence-corrected chi connectivity index (χ2v) is 4.30. The van der Waals surface area contributed by atoms with Crippen molar-refractivity contribution in [2.24, 2.45) is 5.92 Å². The fraction of sp³-hybridized carbons (Fsp3) is 0.455. The van der Waals surface area contributed by atoms with Crippen LogP contribution < -0.4 is 0 Å².